The first-order valence-corrected chi connectivity index (χ1v) is 6.56. The van der Waals surface area contributed by atoms with Gasteiger partial charge in [-0.15, -0.1) is 0 Å². The maximum Gasteiger partial charge on any atom is 0.339 e. The molecule has 0 amide bonds. The van der Waals surface area contributed by atoms with Gasteiger partial charge >= 0.3 is 5.97 Å². The summed E-state index contributed by atoms with van der Waals surface area (Å²) in [5, 5.41) is 10.7. The molecule has 1 aliphatic rings. The number of nitro groups is 1. The van der Waals surface area contributed by atoms with Gasteiger partial charge in [-0.05, 0) is 36.2 Å². The smallest absolute Gasteiger partial charge is 0.339 e. The van der Waals surface area contributed by atoms with Gasteiger partial charge < -0.3 is 4.74 Å². The number of benzene rings is 2. The first-order chi connectivity index (χ1) is 9.99. The Labute approximate surface area is 121 Å². The molecular weight excluding hydrogens is 270 g/mol. The van der Waals surface area contributed by atoms with Gasteiger partial charge in [0.1, 0.15) is 5.60 Å². The van der Waals surface area contributed by atoms with Crippen molar-refractivity contribution in [1.29, 1.82) is 0 Å². The Morgan fingerprint density at radius 1 is 1.14 bits per heavy atom. The van der Waals surface area contributed by atoms with Crippen LogP contribution in [0, 0.1) is 10.1 Å². The Morgan fingerprint density at radius 2 is 1.81 bits per heavy atom. The number of nitro benzene ring substituents is 1. The number of ether oxygens (including phenoxy) is 1. The molecule has 5 heteroatoms. The summed E-state index contributed by atoms with van der Waals surface area (Å²) in [6.07, 6.45) is 0.548. The highest BCUT2D eigenvalue weighted by molar-refractivity contribution is 5.92. The fourth-order valence-corrected chi connectivity index (χ4v) is 2.63. The monoisotopic (exact) mass is 283 g/mol. The molecule has 0 spiro atoms. The zero-order chi connectivity index (χ0) is 15.0. The summed E-state index contributed by atoms with van der Waals surface area (Å²) in [7, 11) is 0. The molecule has 0 N–H and O–H groups in total. The maximum absolute atomic E-state index is 12.1. The molecule has 0 aromatic heterocycles. The summed E-state index contributed by atoms with van der Waals surface area (Å²) < 4.78 is 5.58. The van der Waals surface area contributed by atoms with Crippen LogP contribution in [0.3, 0.4) is 0 Å². The average molecular weight is 283 g/mol. The number of fused-ring (bicyclic) bond motifs is 1. The number of cyclic esters (lactones) is 1. The minimum atomic E-state index is -0.805. The van der Waals surface area contributed by atoms with Crippen LogP contribution < -0.4 is 0 Å². The van der Waals surface area contributed by atoms with Crippen LogP contribution in [0.5, 0.6) is 0 Å². The van der Waals surface area contributed by atoms with Crippen molar-refractivity contribution < 1.29 is 14.5 Å². The number of hydrogen-bond acceptors (Lipinski definition) is 4. The van der Waals surface area contributed by atoms with Crippen LogP contribution in [0.2, 0.25) is 0 Å². The van der Waals surface area contributed by atoms with Gasteiger partial charge in [-0.3, -0.25) is 10.1 Å². The van der Waals surface area contributed by atoms with Crippen LogP contribution >= 0.6 is 0 Å². The molecule has 0 bridgehead atoms. The van der Waals surface area contributed by atoms with Gasteiger partial charge in [-0.2, -0.15) is 0 Å². The van der Waals surface area contributed by atoms with Crippen molar-refractivity contribution in [3.05, 3.63) is 75.3 Å². The number of hydrogen-bond donors (Lipinski definition) is 0. The highest BCUT2D eigenvalue weighted by Gasteiger charge is 2.37. The number of esters is 1. The van der Waals surface area contributed by atoms with Gasteiger partial charge in [0.15, 0.2) is 0 Å². The predicted molar refractivity (Wildman–Crippen MR) is 76.0 cm³/mol. The average Bonchev–Trinajstić information content (AvgIpc) is 2.47. The first kappa shape index (κ1) is 13.3. The quantitative estimate of drug-likeness (QED) is 0.482. The highest BCUT2D eigenvalue weighted by Crippen LogP contribution is 2.36. The molecule has 2 aromatic rings. The van der Waals surface area contributed by atoms with Crippen molar-refractivity contribution in [3.8, 4) is 0 Å². The van der Waals surface area contributed by atoms with Crippen LogP contribution in [-0.4, -0.2) is 10.9 Å². The minimum Gasteiger partial charge on any atom is -0.451 e. The molecule has 106 valence electrons. The summed E-state index contributed by atoms with van der Waals surface area (Å²) in [5.41, 5.74) is 1.47. The predicted octanol–water partition coefficient (Wildman–Crippen LogP) is 3.22. The van der Waals surface area contributed by atoms with Crippen molar-refractivity contribution in [3.63, 3.8) is 0 Å². The van der Waals surface area contributed by atoms with Gasteiger partial charge in [0.05, 0.1) is 10.5 Å². The summed E-state index contributed by atoms with van der Waals surface area (Å²) in [6, 6.07) is 13.5. The first-order valence-electron chi connectivity index (χ1n) is 6.56. The van der Waals surface area contributed by atoms with Gasteiger partial charge in [0.2, 0.25) is 0 Å². The van der Waals surface area contributed by atoms with Crippen LogP contribution in [0.4, 0.5) is 5.69 Å². The lowest BCUT2D eigenvalue weighted by atomic mass is 9.84. The lowest BCUT2D eigenvalue weighted by Gasteiger charge is -2.34. The summed E-state index contributed by atoms with van der Waals surface area (Å²) in [4.78, 5) is 22.4. The second-order valence-electron chi connectivity index (χ2n) is 5.26. The fourth-order valence-electron chi connectivity index (χ4n) is 2.63. The van der Waals surface area contributed by atoms with E-state index in [0.717, 1.165) is 11.1 Å². The van der Waals surface area contributed by atoms with Crippen LogP contribution in [0.1, 0.15) is 28.4 Å². The molecule has 0 fully saturated rings. The fraction of sp³-hybridized carbons (Fsp3) is 0.188. The van der Waals surface area contributed by atoms with Crippen molar-refractivity contribution in [2.45, 2.75) is 18.9 Å². The van der Waals surface area contributed by atoms with Gasteiger partial charge in [0.25, 0.3) is 5.69 Å². The molecule has 0 aliphatic carbocycles. The number of non-ortho nitro benzene ring substituents is 1. The van der Waals surface area contributed by atoms with E-state index in [1.54, 1.807) is 24.3 Å². The van der Waals surface area contributed by atoms with Crippen LogP contribution in [-0.2, 0) is 16.8 Å². The Kier molecular flexibility index (Phi) is 2.97. The summed E-state index contributed by atoms with van der Waals surface area (Å²) in [6.45, 7) is 1.82. The van der Waals surface area contributed by atoms with E-state index in [9.17, 15) is 14.9 Å². The van der Waals surface area contributed by atoms with Crippen LogP contribution in [0.25, 0.3) is 0 Å². The van der Waals surface area contributed by atoms with E-state index in [0.29, 0.717) is 12.0 Å². The zero-order valence-corrected chi connectivity index (χ0v) is 11.4. The van der Waals surface area contributed by atoms with Crippen molar-refractivity contribution in [1.82, 2.24) is 0 Å². The lowest BCUT2D eigenvalue weighted by Crippen LogP contribution is -2.36. The molecule has 5 nitrogen and oxygen atoms in total. The third kappa shape index (κ3) is 2.27. The zero-order valence-electron chi connectivity index (χ0n) is 11.4. The standard InChI is InChI=1S/C16H13NO4/c1-16(12-6-8-13(9-7-12)17(19)20)10-11-4-2-3-5-14(11)15(18)21-16/h2-9H,10H2,1H3. The Bertz CT molecular complexity index is 723. The third-order valence-corrected chi connectivity index (χ3v) is 3.77. The molecule has 2 aromatic carbocycles. The molecular formula is C16H13NO4. The Balaban J connectivity index is 1.99. The number of rotatable bonds is 2. The van der Waals surface area contributed by atoms with E-state index in [1.165, 1.54) is 12.1 Å². The second kappa shape index (κ2) is 4.70. The van der Waals surface area contributed by atoms with Gasteiger partial charge in [-0.1, -0.05) is 18.2 Å². The largest absolute Gasteiger partial charge is 0.451 e. The Morgan fingerprint density at radius 3 is 2.48 bits per heavy atom. The molecule has 1 unspecified atom stereocenters. The molecule has 1 aliphatic heterocycles. The molecule has 0 saturated carbocycles. The molecule has 0 radical (unpaired) electrons. The number of nitrogens with zero attached hydrogens (tertiary/aromatic N) is 1. The normalized spacial score (nSPS) is 20.5. The van der Waals surface area contributed by atoms with Crippen molar-refractivity contribution >= 4 is 11.7 Å². The second-order valence-corrected chi connectivity index (χ2v) is 5.26. The molecule has 1 heterocycles. The van der Waals surface area contributed by atoms with E-state index >= 15 is 0 Å². The number of carbonyl (C=O) groups excluding carboxylic acids is 1. The number of carbonyl (C=O) groups is 1. The van der Waals surface area contributed by atoms with E-state index in [1.807, 2.05) is 19.1 Å². The van der Waals surface area contributed by atoms with E-state index in [2.05, 4.69) is 0 Å². The van der Waals surface area contributed by atoms with E-state index < -0.39 is 10.5 Å². The topological polar surface area (TPSA) is 69.4 Å². The summed E-state index contributed by atoms with van der Waals surface area (Å²) in [5.74, 6) is -0.363. The van der Waals surface area contributed by atoms with Crippen LogP contribution in [0.15, 0.2) is 48.5 Å². The molecule has 0 saturated heterocycles. The minimum absolute atomic E-state index is 0.0184. The summed E-state index contributed by atoms with van der Waals surface area (Å²) >= 11 is 0. The Hall–Kier alpha value is -2.69. The lowest BCUT2D eigenvalue weighted by molar-refractivity contribution is -0.384. The van der Waals surface area contributed by atoms with E-state index in [-0.39, 0.29) is 11.7 Å². The molecule has 3 rings (SSSR count). The maximum atomic E-state index is 12.1. The van der Waals surface area contributed by atoms with Crippen molar-refractivity contribution in [2.75, 3.05) is 0 Å². The SMILES string of the molecule is CC1(c2ccc([N+](=O)[O-])cc2)Cc2ccccc2C(=O)O1. The molecule has 21 heavy (non-hydrogen) atoms. The van der Waals surface area contributed by atoms with Gasteiger partial charge in [0, 0.05) is 18.6 Å². The van der Waals surface area contributed by atoms with E-state index in [4.69, 9.17) is 4.74 Å². The third-order valence-electron chi connectivity index (χ3n) is 3.77. The highest BCUT2D eigenvalue weighted by atomic mass is 16.6. The van der Waals surface area contributed by atoms with Gasteiger partial charge in [-0.25, -0.2) is 4.79 Å². The molecule has 1 atom stereocenters. The van der Waals surface area contributed by atoms with Crippen molar-refractivity contribution in [2.24, 2.45) is 0 Å².